The Morgan fingerprint density at radius 1 is 0.865 bits per heavy atom. The van der Waals surface area contributed by atoms with Crippen LogP contribution in [0.2, 0.25) is 0 Å². The van der Waals surface area contributed by atoms with Gasteiger partial charge >= 0.3 is 5.97 Å². The van der Waals surface area contributed by atoms with E-state index in [1.807, 2.05) is 54.6 Å². The van der Waals surface area contributed by atoms with Gasteiger partial charge in [0, 0.05) is 30.4 Å². The maximum absolute atomic E-state index is 15.2. The van der Waals surface area contributed by atoms with Gasteiger partial charge in [0.15, 0.2) is 23.1 Å². The molecule has 0 bridgehead atoms. The summed E-state index contributed by atoms with van der Waals surface area (Å²) in [5, 5.41) is 20.0. The minimum absolute atomic E-state index is 0.0213. The van der Waals surface area contributed by atoms with Crippen LogP contribution in [0.4, 0.5) is 0 Å². The van der Waals surface area contributed by atoms with E-state index in [2.05, 4.69) is 0 Å². The number of carboxylic acids is 1. The van der Waals surface area contributed by atoms with Crippen molar-refractivity contribution in [3.63, 3.8) is 0 Å². The van der Waals surface area contributed by atoms with Gasteiger partial charge in [0.25, 0.3) is 0 Å². The van der Waals surface area contributed by atoms with E-state index >= 15 is 9.59 Å². The first-order valence-electron chi connectivity index (χ1n) is 17.8. The molecule has 7 rings (SSSR count). The number of Topliss-reactive ketones (excluding diaryl/α,β-unsaturated/α-hetero) is 1. The fourth-order valence-corrected chi connectivity index (χ4v) is 9.34. The number of imide groups is 1. The number of carbonyl (C=O) groups is 5. The lowest BCUT2D eigenvalue weighted by molar-refractivity contribution is -0.141. The molecule has 3 aromatic carbocycles. The summed E-state index contributed by atoms with van der Waals surface area (Å²) in [4.78, 5) is 70.8. The number of likely N-dealkylation sites (tertiary alicyclic amines) is 1. The van der Waals surface area contributed by atoms with Gasteiger partial charge in [-0.2, -0.15) is 0 Å². The first-order valence-corrected chi connectivity index (χ1v) is 17.8. The minimum Gasteiger partial charge on any atom is -0.502 e. The highest BCUT2D eigenvalue weighted by atomic mass is 16.5. The highest BCUT2D eigenvalue weighted by molar-refractivity contribution is 6.31. The summed E-state index contributed by atoms with van der Waals surface area (Å²) in [7, 11) is 2.84. The number of benzene rings is 3. The Morgan fingerprint density at radius 3 is 2.15 bits per heavy atom. The molecule has 1 saturated carbocycles. The summed E-state index contributed by atoms with van der Waals surface area (Å²) in [6.45, 7) is 0.192. The van der Waals surface area contributed by atoms with Crippen LogP contribution in [0.25, 0.3) is 5.57 Å². The number of unbranched alkanes of at least 4 members (excludes halogenated alkanes) is 2. The molecule has 1 saturated heterocycles. The molecule has 2 amide bonds. The van der Waals surface area contributed by atoms with Crippen molar-refractivity contribution in [2.24, 2.45) is 23.7 Å². The molecule has 10 heteroatoms. The number of ketones is 2. The van der Waals surface area contributed by atoms with E-state index < -0.39 is 41.0 Å². The van der Waals surface area contributed by atoms with Crippen molar-refractivity contribution >= 4 is 34.9 Å². The molecule has 1 aliphatic heterocycles. The highest BCUT2D eigenvalue weighted by Gasteiger charge is 2.66. The number of hydrogen-bond donors (Lipinski definition) is 2. The van der Waals surface area contributed by atoms with E-state index in [1.54, 1.807) is 24.3 Å². The number of ether oxygens (including phenoxy) is 2. The molecule has 10 nitrogen and oxygen atoms in total. The summed E-state index contributed by atoms with van der Waals surface area (Å²) >= 11 is 0. The van der Waals surface area contributed by atoms with Crippen molar-refractivity contribution in [2.75, 3.05) is 20.8 Å². The molecule has 3 aromatic rings. The number of phenols is 1. The summed E-state index contributed by atoms with van der Waals surface area (Å²) in [6, 6.07) is 21.7. The zero-order valence-electron chi connectivity index (χ0n) is 29.1. The fourth-order valence-electron chi connectivity index (χ4n) is 9.34. The summed E-state index contributed by atoms with van der Waals surface area (Å²) in [5.41, 5.74) is 1.50. The van der Waals surface area contributed by atoms with Crippen LogP contribution in [0.5, 0.6) is 17.2 Å². The number of methoxy groups -OCH3 is 2. The van der Waals surface area contributed by atoms with Crippen LogP contribution in [-0.2, 0) is 29.4 Å². The number of carbonyl (C=O) groups excluding carboxylic acids is 4. The Kier molecular flexibility index (Phi) is 9.33. The van der Waals surface area contributed by atoms with Crippen molar-refractivity contribution in [3.8, 4) is 17.2 Å². The fraction of sp³-hybridized carbons (Fsp3) is 0.357. The van der Waals surface area contributed by atoms with Gasteiger partial charge in [0.2, 0.25) is 17.6 Å². The van der Waals surface area contributed by atoms with Crippen molar-refractivity contribution < 1.29 is 43.7 Å². The normalized spacial score (nSPS) is 26.6. The van der Waals surface area contributed by atoms with Crippen molar-refractivity contribution in [2.45, 2.75) is 49.9 Å². The van der Waals surface area contributed by atoms with Crippen molar-refractivity contribution in [3.05, 3.63) is 107 Å². The van der Waals surface area contributed by atoms with Gasteiger partial charge in [-0.05, 0) is 66.5 Å². The topological polar surface area (TPSA) is 148 Å². The van der Waals surface area contributed by atoms with Gasteiger partial charge in [0.1, 0.15) is 0 Å². The van der Waals surface area contributed by atoms with Crippen LogP contribution >= 0.6 is 0 Å². The first kappa shape index (κ1) is 34.9. The molecular formula is C42H41NO9. The monoisotopic (exact) mass is 703 g/mol. The zero-order valence-corrected chi connectivity index (χ0v) is 29.1. The van der Waals surface area contributed by atoms with Gasteiger partial charge in [-0.3, -0.25) is 28.9 Å². The standard InChI is InChI=1S/C42H41NO9/c1-51-32-20-25(21-33(52-2)39(32)48)37-27-17-18-28-36(41(50)43(40(28)49)19-11-5-10-16-35(45)46)30(27)22-31-38(47)29(24-12-6-3-7-13-24)23-34(44)42(31,37)26-14-8-4-9-15-26/h3-4,6-9,12-15,17,20-21,23,28,30-31,36-37,48H,5,10-11,16,18-19,22H2,1-2H3,(H,45,46)/t28-,30+,31-,36-,37-,42-/m0/s1. The Balaban J connectivity index is 1.41. The average Bonchev–Trinajstić information content (AvgIpc) is 3.40. The summed E-state index contributed by atoms with van der Waals surface area (Å²) < 4.78 is 11.2. The Hall–Kier alpha value is -5.51. The van der Waals surface area contributed by atoms with Crippen LogP contribution < -0.4 is 9.47 Å². The number of hydrogen-bond acceptors (Lipinski definition) is 8. The van der Waals surface area contributed by atoms with Gasteiger partial charge < -0.3 is 19.7 Å². The second kappa shape index (κ2) is 13.9. The van der Waals surface area contributed by atoms with Gasteiger partial charge in [-0.1, -0.05) is 78.7 Å². The molecule has 0 spiro atoms. The molecule has 6 atom stereocenters. The predicted octanol–water partition coefficient (Wildman–Crippen LogP) is 5.88. The second-order valence-electron chi connectivity index (χ2n) is 14.1. The molecule has 0 aromatic heterocycles. The highest BCUT2D eigenvalue weighted by Crippen LogP contribution is 2.64. The smallest absolute Gasteiger partial charge is 0.303 e. The Bertz CT molecular complexity index is 1980. The molecule has 4 aliphatic rings. The Morgan fingerprint density at radius 2 is 1.52 bits per heavy atom. The van der Waals surface area contributed by atoms with E-state index in [0.717, 1.165) is 5.57 Å². The Labute approximate surface area is 301 Å². The number of aliphatic carboxylic acids is 1. The minimum atomic E-state index is -1.44. The molecular weight excluding hydrogens is 662 g/mol. The number of carboxylic acid groups (broad SMARTS) is 1. The SMILES string of the molecule is COc1cc([C@H]2C3=CC[C@@H]4C(=O)N(CCCCCC(=O)O)C(=O)[C@@H]4[C@@H]3C[C@H]3C(=O)C(c4ccccc4)=CC(=O)[C@@]23c2ccccc2)cc(OC)c1O. The van der Waals surface area contributed by atoms with Gasteiger partial charge in [0.05, 0.1) is 31.5 Å². The number of aromatic hydroxyl groups is 1. The third-order valence-corrected chi connectivity index (χ3v) is 11.6. The van der Waals surface area contributed by atoms with E-state index in [4.69, 9.17) is 14.6 Å². The van der Waals surface area contributed by atoms with E-state index in [9.17, 15) is 19.5 Å². The molecule has 2 fully saturated rings. The molecule has 1 heterocycles. The number of amides is 2. The van der Waals surface area contributed by atoms with Gasteiger partial charge in [-0.25, -0.2) is 0 Å². The summed E-state index contributed by atoms with van der Waals surface area (Å²) in [5.74, 6) is -5.48. The maximum Gasteiger partial charge on any atom is 0.303 e. The lowest BCUT2D eigenvalue weighted by atomic mass is 9.44. The van der Waals surface area contributed by atoms with Gasteiger partial charge in [-0.15, -0.1) is 0 Å². The number of nitrogens with zero attached hydrogens (tertiary/aromatic N) is 1. The first-order chi connectivity index (χ1) is 25.1. The number of fused-ring (bicyclic) bond motifs is 4. The average molecular weight is 704 g/mol. The molecule has 3 aliphatic carbocycles. The van der Waals surface area contributed by atoms with E-state index in [1.165, 1.54) is 25.2 Å². The maximum atomic E-state index is 15.2. The van der Waals surface area contributed by atoms with Crippen LogP contribution in [0.3, 0.4) is 0 Å². The zero-order chi connectivity index (χ0) is 36.7. The van der Waals surface area contributed by atoms with Crippen LogP contribution in [0, 0.1) is 23.7 Å². The van der Waals surface area contributed by atoms with Crippen LogP contribution in [0.1, 0.15) is 61.1 Å². The van der Waals surface area contributed by atoms with E-state index in [0.29, 0.717) is 41.5 Å². The largest absolute Gasteiger partial charge is 0.502 e. The molecule has 0 radical (unpaired) electrons. The molecule has 2 N–H and O–H groups in total. The number of phenolic OH excluding ortho intramolecular Hbond substituents is 1. The molecule has 52 heavy (non-hydrogen) atoms. The number of allylic oxidation sites excluding steroid dienone is 4. The third kappa shape index (κ3) is 5.52. The van der Waals surface area contributed by atoms with Crippen molar-refractivity contribution in [1.29, 1.82) is 0 Å². The quantitative estimate of drug-likeness (QED) is 0.142. The lowest BCUT2D eigenvalue weighted by Gasteiger charge is -2.55. The van der Waals surface area contributed by atoms with E-state index in [-0.39, 0.29) is 66.4 Å². The molecule has 268 valence electrons. The van der Waals surface area contributed by atoms with Crippen LogP contribution in [0.15, 0.2) is 90.5 Å². The number of rotatable bonds is 11. The van der Waals surface area contributed by atoms with Crippen LogP contribution in [-0.4, -0.2) is 65.2 Å². The predicted molar refractivity (Wildman–Crippen MR) is 191 cm³/mol. The molecule has 0 unspecified atom stereocenters. The van der Waals surface area contributed by atoms with Crippen molar-refractivity contribution in [1.82, 2.24) is 4.90 Å². The summed E-state index contributed by atoms with van der Waals surface area (Å²) in [6.07, 6.45) is 5.42. The lowest BCUT2D eigenvalue weighted by Crippen LogP contribution is -2.58. The second-order valence-corrected chi connectivity index (χ2v) is 14.1. The third-order valence-electron chi connectivity index (χ3n) is 11.6.